The molecule has 4 aromatic rings. The lowest BCUT2D eigenvalue weighted by molar-refractivity contribution is -0.132. The molecule has 9 heteroatoms. The second-order valence-electron chi connectivity index (χ2n) is 7.82. The Bertz CT molecular complexity index is 1270. The summed E-state index contributed by atoms with van der Waals surface area (Å²) in [6, 6.07) is 8.93. The Labute approximate surface area is 184 Å². The van der Waals surface area contributed by atoms with E-state index in [2.05, 4.69) is 25.0 Å². The molecule has 1 aliphatic heterocycles. The molecule has 1 saturated heterocycles. The van der Waals surface area contributed by atoms with E-state index in [1.807, 2.05) is 30.0 Å². The van der Waals surface area contributed by atoms with Gasteiger partial charge in [0.05, 0.1) is 18.1 Å². The van der Waals surface area contributed by atoms with Crippen LogP contribution in [-0.4, -0.2) is 61.7 Å². The Balaban J connectivity index is 1.31. The molecule has 5 rings (SSSR count). The third-order valence-electron chi connectivity index (χ3n) is 5.69. The molecule has 0 N–H and O–H groups in total. The summed E-state index contributed by atoms with van der Waals surface area (Å²) in [5.41, 5.74) is 3.76. The number of aryl methyl sites for hydroxylation is 1. The van der Waals surface area contributed by atoms with Crippen LogP contribution in [0.25, 0.3) is 22.4 Å². The number of carbonyl (C=O) groups excluding carboxylic acids is 1. The minimum atomic E-state index is -0.354. The van der Waals surface area contributed by atoms with E-state index in [0.29, 0.717) is 35.5 Å². The first-order valence-corrected chi connectivity index (χ1v) is 10.5. The minimum Gasteiger partial charge on any atom is -0.368 e. The molecule has 0 aliphatic carbocycles. The summed E-state index contributed by atoms with van der Waals surface area (Å²) in [5.74, 6) is -0.383. The molecule has 0 bridgehead atoms. The molecule has 4 heterocycles. The van der Waals surface area contributed by atoms with Crippen LogP contribution in [-0.2, 0) is 11.3 Å². The zero-order valence-corrected chi connectivity index (χ0v) is 17.6. The lowest BCUT2D eigenvalue weighted by Crippen LogP contribution is -2.49. The Morgan fingerprint density at radius 1 is 1.06 bits per heavy atom. The van der Waals surface area contributed by atoms with Crippen molar-refractivity contribution in [2.75, 3.05) is 31.1 Å². The molecule has 0 saturated carbocycles. The first-order chi connectivity index (χ1) is 15.6. The lowest BCUT2D eigenvalue weighted by Gasteiger charge is -2.36. The summed E-state index contributed by atoms with van der Waals surface area (Å²) in [7, 11) is 0. The number of hydrogen-bond donors (Lipinski definition) is 0. The van der Waals surface area contributed by atoms with Crippen LogP contribution in [0.2, 0.25) is 0 Å². The van der Waals surface area contributed by atoms with Gasteiger partial charge in [0.25, 0.3) is 0 Å². The summed E-state index contributed by atoms with van der Waals surface area (Å²) in [4.78, 5) is 30.0. The van der Waals surface area contributed by atoms with Gasteiger partial charge in [-0.15, -0.1) is 0 Å². The maximum atomic E-state index is 14.4. The number of rotatable bonds is 4. The van der Waals surface area contributed by atoms with Gasteiger partial charge in [0.1, 0.15) is 17.9 Å². The Morgan fingerprint density at radius 2 is 1.84 bits per heavy atom. The van der Waals surface area contributed by atoms with Crippen LogP contribution in [0.15, 0.2) is 55.1 Å². The molecular weight excluding hydrogens is 409 g/mol. The molecule has 0 atom stereocenters. The van der Waals surface area contributed by atoms with Crippen LogP contribution >= 0.6 is 0 Å². The van der Waals surface area contributed by atoms with E-state index in [4.69, 9.17) is 0 Å². The van der Waals surface area contributed by atoms with Gasteiger partial charge in [-0.05, 0) is 36.8 Å². The molecule has 1 amide bonds. The molecule has 1 fully saturated rings. The highest BCUT2D eigenvalue weighted by Crippen LogP contribution is 2.23. The Morgan fingerprint density at radius 3 is 2.59 bits per heavy atom. The number of anilines is 1. The van der Waals surface area contributed by atoms with Crippen LogP contribution in [0.5, 0.6) is 0 Å². The number of benzene rings is 1. The molecule has 0 spiro atoms. The first-order valence-electron chi connectivity index (χ1n) is 10.5. The van der Waals surface area contributed by atoms with Crippen molar-refractivity contribution in [3.8, 4) is 11.3 Å². The quantitative estimate of drug-likeness (QED) is 0.494. The van der Waals surface area contributed by atoms with E-state index in [9.17, 15) is 9.18 Å². The highest BCUT2D eigenvalue weighted by Gasteiger charge is 2.22. The second kappa shape index (κ2) is 8.33. The highest BCUT2D eigenvalue weighted by molar-refractivity contribution is 5.79. The molecule has 0 radical (unpaired) electrons. The van der Waals surface area contributed by atoms with Crippen LogP contribution < -0.4 is 4.90 Å². The van der Waals surface area contributed by atoms with Crippen LogP contribution in [0, 0.1) is 12.7 Å². The van der Waals surface area contributed by atoms with Crippen molar-refractivity contribution in [1.29, 1.82) is 0 Å². The predicted octanol–water partition coefficient (Wildman–Crippen LogP) is 2.68. The highest BCUT2D eigenvalue weighted by atomic mass is 19.1. The first kappa shape index (κ1) is 20.0. The summed E-state index contributed by atoms with van der Waals surface area (Å²) < 4.78 is 15.9. The fourth-order valence-corrected chi connectivity index (χ4v) is 3.92. The fourth-order valence-electron chi connectivity index (χ4n) is 3.92. The summed E-state index contributed by atoms with van der Waals surface area (Å²) in [6.45, 7) is 4.67. The van der Waals surface area contributed by atoms with Gasteiger partial charge < -0.3 is 9.80 Å². The van der Waals surface area contributed by atoms with E-state index in [1.54, 1.807) is 24.7 Å². The van der Waals surface area contributed by atoms with Crippen LogP contribution in [0.4, 0.5) is 10.1 Å². The third-order valence-corrected chi connectivity index (χ3v) is 5.69. The smallest absolute Gasteiger partial charge is 0.244 e. The molecule has 3 aromatic heterocycles. The Hall–Kier alpha value is -3.88. The topological polar surface area (TPSA) is 80.0 Å². The van der Waals surface area contributed by atoms with Crippen molar-refractivity contribution >= 4 is 22.8 Å². The van der Waals surface area contributed by atoms with Crippen molar-refractivity contribution in [1.82, 2.24) is 29.6 Å². The molecule has 32 heavy (non-hydrogen) atoms. The van der Waals surface area contributed by atoms with E-state index >= 15 is 0 Å². The lowest BCUT2D eigenvalue weighted by atomic mass is 10.1. The maximum absolute atomic E-state index is 14.4. The zero-order valence-electron chi connectivity index (χ0n) is 17.6. The molecule has 1 aromatic carbocycles. The third kappa shape index (κ3) is 3.89. The van der Waals surface area contributed by atoms with Crippen molar-refractivity contribution in [3.05, 3.63) is 66.5 Å². The number of amides is 1. The van der Waals surface area contributed by atoms with Crippen molar-refractivity contribution in [2.24, 2.45) is 0 Å². The van der Waals surface area contributed by atoms with Crippen molar-refractivity contribution in [3.63, 3.8) is 0 Å². The zero-order chi connectivity index (χ0) is 22.1. The molecular formula is C23H22FN7O. The standard InChI is InChI=1S/C23H22FN7O/c1-16-2-3-18(19(24)12-16)20-13-26-21-14-27-31(23(21)28-20)15-22(32)30-10-8-29(9-11-30)17-4-6-25-7-5-17/h2-7,12-14H,8-11,15H2,1H3. The predicted molar refractivity (Wildman–Crippen MR) is 118 cm³/mol. The van der Waals surface area contributed by atoms with Gasteiger partial charge in [0.2, 0.25) is 5.91 Å². The fraction of sp³-hybridized carbons (Fsp3) is 0.261. The maximum Gasteiger partial charge on any atom is 0.244 e. The summed E-state index contributed by atoms with van der Waals surface area (Å²) in [5, 5.41) is 4.30. The second-order valence-corrected chi connectivity index (χ2v) is 7.82. The SMILES string of the molecule is Cc1ccc(-c2cnc3cnn(CC(=O)N4CCN(c5ccncc5)CC4)c3n2)c(F)c1. The van der Waals surface area contributed by atoms with E-state index in [0.717, 1.165) is 24.3 Å². The van der Waals surface area contributed by atoms with Gasteiger partial charge in [0.15, 0.2) is 5.65 Å². The van der Waals surface area contributed by atoms with Gasteiger partial charge in [-0.1, -0.05) is 6.07 Å². The number of pyridine rings is 1. The van der Waals surface area contributed by atoms with Gasteiger partial charge in [-0.3, -0.25) is 9.78 Å². The monoisotopic (exact) mass is 431 g/mol. The van der Waals surface area contributed by atoms with E-state index in [-0.39, 0.29) is 18.3 Å². The summed E-state index contributed by atoms with van der Waals surface area (Å²) >= 11 is 0. The van der Waals surface area contributed by atoms with Gasteiger partial charge in [-0.25, -0.2) is 19.0 Å². The molecule has 1 aliphatic rings. The molecule has 8 nitrogen and oxygen atoms in total. The normalized spacial score (nSPS) is 14.2. The number of fused-ring (bicyclic) bond motifs is 1. The number of nitrogens with zero attached hydrogens (tertiary/aromatic N) is 7. The van der Waals surface area contributed by atoms with Gasteiger partial charge >= 0.3 is 0 Å². The molecule has 162 valence electrons. The van der Waals surface area contributed by atoms with Gasteiger partial charge in [0, 0.05) is 49.8 Å². The van der Waals surface area contributed by atoms with Gasteiger partial charge in [-0.2, -0.15) is 5.10 Å². The van der Waals surface area contributed by atoms with Crippen LogP contribution in [0.1, 0.15) is 5.56 Å². The molecule has 0 unspecified atom stereocenters. The number of carbonyl (C=O) groups is 1. The van der Waals surface area contributed by atoms with Crippen LogP contribution in [0.3, 0.4) is 0 Å². The Kier molecular flexibility index (Phi) is 5.22. The summed E-state index contributed by atoms with van der Waals surface area (Å²) in [6.07, 6.45) is 6.65. The van der Waals surface area contributed by atoms with E-state index in [1.165, 1.54) is 16.9 Å². The average Bonchev–Trinajstić information content (AvgIpc) is 3.21. The van der Waals surface area contributed by atoms with E-state index < -0.39 is 0 Å². The number of piperazine rings is 1. The van der Waals surface area contributed by atoms with Crippen molar-refractivity contribution < 1.29 is 9.18 Å². The minimum absolute atomic E-state index is 0.0295. The largest absolute Gasteiger partial charge is 0.368 e. The van der Waals surface area contributed by atoms with Crippen molar-refractivity contribution in [2.45, 2.75) is 13.5 Å². The number of halogens is 1. The number of hydrogen-bond acceptors (Lipinski definition) is 6. The number of aromatic nitrogens is 5. The average molecular weight is 431 g/mol.